The average Bonchev–Trinajstić information content (AvgIpc) is 2.90. The third kappa shape index (κ3) is 3.47. The molecule has 0 amide bonds. The van der Waals surface area contributed by atoms with E-state index in [1.54, 1.807) is 12.5 Å². The Balaban J connectivity index is 1.89. The number of benzene rings is 1. The molecule has 0 aliphatic heterocycles. The summed E-state index contributed by atoms with van der Waals surface area (Å²) < 4.78 is 5.06. The summed E-state index contributed by atoms with van der Waals surface area (Å²) in [5.74, 6) is 0. The lowest BCUT2D eigenvalue weighted by molar-refractivity contribution is 0.546. The van der Waals surface area contributed by atoms with Gasteiger partial charge < -0.3 is 9.73 Å². The van der Waals surface area contributed by atoms with Crippen molar-refractivity contribution in [2.45, 2.75) is 39.3 Å². The van der Waals surface area contributed by atoms with Crippen LogP contribution in [0.5, 0.6) is 0 Å². The molecule has 0 spiro atoms. The van der Waals surface area contributed by atoms with Crippen LogP contribution in [-0.2, 0) is 13.0 Å². The molecular formula is C16H21NO. The fourth-order valence-electron chi connectivity index (χ4n) is 2.04. The molecule has 2 heteroatoms. The van der Waals surface area contributed by atoms with Crippen LogP contribution in [0.3, 0.4) is 0 Å². The highest BCUT2D eigenvalue weighted by Gasteiger charge is 2.05. The van der Waals surface area contributed by atoms with Gasteiger partial charge in [0, 0.05) is 18.2 Å². The van der Waals surface area contributed by atoms with Crippen LogP contribution in [0.15, 0.2) is 47.3 Å². The molecule has 1 N–H and O–H groups in total. The van der Waals surface area contributed by atoms with Crippen molar-refractivity contribution in [3.63, 3.8) is 0 Å². The molecule has 1 aromatic carbocycles. The summed E-state index contributed by atoms with van der Waals surface area (Å²) in [4.78, 5) is 0. The van der Waals surface area contributed by atoms with Gasteiger partial charge >= 0.3 is 0 Å². The first-order chi connectivity index (χ1) is 8.79. The monoisotopic (exact) mass is 243 g/mol. The van der Waals surface area contributed by atoms with Crippen molar-refractivity contribution in [3.8, 4) is 0 Å². The van der Waals surface area contributed by atoms with Crippen molar-refractivity contribution < 1.29 is 4.42 Å². The number of rotatable bonds is 6. The quantitative estimate of drug-likeness (QED) is 0.827. The molecule has 1 aromatic heterocycles. The van der Waals surface area contributed by atoms with Crippen LogP contribution in [0.1, 0.15) is 43.0 Å². The maximum Gasteiger partial charge on any atom is 0.0947 e. The predicted octanol–water partition coefficient (Wildman–Crippen LogP) is 4.08. The summed E-state index contributed by atoms with van der Waals surface area (Å²) in [6.07, 6.45) is 5.86. The summed E-state index contributed by atoms with van der Waals surface area (Å²) in [5, 5.41) is 3.49. The van der Waals surface area contributed by atoms with Gasteiger partial charge in [-0.15, -0.1) is 0 Å². The van der Waals surface area contributed by atoms with Gasteiger partial charge in [-0.05, 0) is 30.5 Å². The van der Waals surface area contributed by atoms with Gasteiger partial charge in [0.05, 0.1) is 12.5 Å². The van der Waals surface area contributed by atoms with Crippen molar-refractivity contribution in [2.24, 2.45) is 0 Å². The van der Waals surface area contributed by atoms with Crippen molar-refractivity contribution in [1.82, 2.24) is 5.32 Å². The van der Waals surface area contributed by atoms with Crippen LogP contribution in [0.25, 0.3) is 0 Å². The lowest BCUT2D eigenvalue weighted by atomic mass is 10.0. The highest BCUT2D eigenvalue weighted by molar-refractivity contribution is 5.25. The van der Waals surface area contributed by atoms with Gasteiger partial charge in [0.1, 0.15) is 0 Å². The molecule has 0 radical (unpaired) electrons. The third-order valence-electron chi connectivity index (χ3n) is 3.21. The maximum absolute atomic E-state index is 5.06. The van der Waals surface area contributed by atoms with Gasteiger partial charge in [-0.1, -0.05) is 37.6 Å². The predicted molar refractivity (Wildman–Crippen MR) is 74.4 cm³/mol. The average molecular weight is 243 g/mol. The molecule has 2 rings (SSSR count). The SMILES string of the molecule is CCCc1ccc(C(C)NCc2ccoc2)cc1. The standard InChI is InChI=1S/C16H21NO/c1-3-4-14-5-7-16(8-6-14)13(2)17-11-15-9-10-18-12-15/h5-10,12-13,17H,3-4,11H2,1-2H3. The van der Waals surface area contributed by atoms with Gasteiger partial charge in [-0.25, -0.2) is 0 Å². The summed E-state index contributed by atoms with van der Waals surface area (Å²) in [6, 6.07) is 11.2. The Labute approximate surface area is 109 Å². The molecule has 0 fully saturated rings. The topological polar surface area (TPSA) is 25.2 Å². The van der Waals surface area contributed by atoms with E-state index in [1.165, 1.54) is 23.1 Å². The van der Waals surface area contributed by atoms with E-state index < -0.39 is 0 Å². The van der Waals surface area contributed by atoms with Crippen LogP contribution in [0, 0.1) is 0 Å². The van der Waals surface area contributed by atoms with Crippen molar-refractivity contribution in [1.29, 1.82) is 0 Å². The molecule has 0 aliphatic carbocycles. The molecule has 0 bridgehead atoms. The largest absolute Gasteiger partial charge is 0.472 e. The second-order valence-corrected chi connectivity index (χ2v) is 4.73. The Morgan fingerprint density at radius 2 is 1.89 bits per heavy atom. The number of hydrogen-bond acceptors (Lipinski definition) is 2. The van der Waals surface area contributed by atoms with Crippen LogP contribution in [0.2, 0.25) is 0 Å². The van der Waals surface area contributed by atoms with Gasteiger partial charge in [0.25, 0.3) is 0 Å². The Morgan fingerprint density at radius 3 is 2.50 bits per heavy atom. The lowest BCUT2D eigenvalue weighted by Crippen LogP contribution is -2.17. The third-order valence-corrected chi connectivity index (χ3v) is 3.21. The first kappa shape index (κ1) is 12.9. The molecule has 2 nitrogen and oxygen atoms in total. The van der Waals surface area contributed by atoms with Crippen molar-refractivity contribution in [2.75, 3.05) is 0 Å². The molecule has 0 saturated carbocycles. The van der Waals surface area contributed by atoms with E-state index in [0.29, 0.717) is 6.04 Å². The Kier molecular flexibility index (Phi) is 4.59. The van der Waals surface area contributed by atoms with E-state index in [9.17, 15) is 0 Å². The fraction of sp³-hybridized carbons (Fsp3) is 0.375. The molecule has 96 valence electrons. The van der Waals surface area contributed by atoms with Gasteiger partial charge in [0.15, 0.2) is 0 Å². The second-order valence-electron chi connectivity index (χ2n) is 4.73. The first-order valence-corrected chi connectivity index (χ1v) is 6.63. The zero-order valence-electron chi connectivity index (χ0n) is 11.1. The minimum atomic E-state index is 0.357. The highest BCUT2D eigenvalue weighted by atomic mass is 16.3. The molecule has 1 unspecified atom stereocenters. The molecule has 0 saturated heterocycles. The molecule has 1 heterocycles. The summed E-state index contributed by atoms with van der Waals surface area (Å²) >= 11 is 0. The van der Waals surface area contributed by atoms with Gasteiger partial charge in [-0.3, -0.25) is 0 Å². The Hall–Kier alpha value is -1.54. The number of nitrogens with one attached hydrogen (secondary N) is 1. The van der Waals surface area contributed by atoms with Crippen LogP contribution >= 0.6 is 0 Å². The van der Waals surface area contributed by atoms with Gasteiger partial charge in [0.2, 0.25) is 0 Å². The minimum Gasteiger partial charge on any atom is -0.472 e. The van der Waals surface area contributed by atoms with E-state index in [4.69, 9.17) is 4.42 Å². The van der Waals surface area contributed by atoms with E-state index in [0.717, 1.165) is 13.0 Å². The molecule has 0 aliphatic rings. The smallest absolute Gasteiger partial charge is 0.0947 e. The van der Waals surface area contributed by atoms with Crippen molar-refractivity contribution >= 4 is 0 Å². The van der Waals surface area contributed by atoms with E-state index in [-0.39, 0.29) is 0 Å². The molecule has 1 atom stereocenters. The number of hydrogen-bond donors (Lipinski definition) is 1. The van der Waals surface area contributed by atoms with E-state index >= 15 is 0 Å². The number of furan rings is 1. The van der Waals surface area contributed by atoms with Crippen LogP contribution in [-0.4, -0.2) is 0 Å². The van der Waals surface area contributed by atoms with E-state index in [2.05, 4.69) is 43.4 Å². The summed E-state index contributed by atoms with van der Waals surface area (Å²) in [5.41, 5.74) is 3.94. The van der Waals surface area contributed by atoms with Crippen LogP contribution < -0.4 is 5.32 Å². The fourth-order valence-corrected chi connectivity index (χ4v) is 2.04. The van der Waals surface area contributed by atoms with Crippen LogP contribution in [0.4, 0.5) is 0 Å². The van der Waals surface area contributed by atoms with E-state index in [1.807, 2.05) is 6.07 Å². The molecular weight excluding hydrogens is 222 g/mol. The zero-order valence-corrected chi connectivity index (χ0v) is 11.1. The molecule has 2 aromatic rings. The first-order valence-electron chi connectivity index (χ1n) is 6.63. The summed E-state index contributed by atoms with van der Waals surface area (Å²) in [6.45, 7) is 5.24. The highest BCUT2D eigenvalue weighted by Crippen LogP contribution is 2.15. The Morgan fingerprint density at radius 1 is 1.11 bits per heavy atom. The normalized spacial score (nSPS) is 12.6. The summed E-state index contributed by atoms with van der Waals surface area (Å²) in [7, 11) is 0. The zero-order chi connectivity index (χ0) is 12.8. The number of aryl methyl sites for hydroxylation is 1. The van der Waals surface area contributed by atoms with Gasteiger partial charge in [-0.2, -0.15) is 0 Å². The molecule has 18 heavy (non-hydrogen) atoms. The minimum absolute atomic E-state index is 0.357. The Bertz CT molecular complexity index is 444. The lowest BCUT2D eigenvalue weighted by Gasteiger charge is -2.14. The maximum atomic E-state index is 5.06. The second kappa shape index (κ2) is 6.41. The van der Waals surface area contributed by atoms with Crippen molar-refractivity contribution in [3.05, 3.63) is 59.5 Å².